The highest BCUT2D eigenvalue weighted by molar-refractivity contribution is 5.77. The Hall–Kier alpha value is -2.49. The molecule has 24 heavy (non-hydrogen) atoms. The van der Waals surface area contributed by atoms with E-state index in [1.807, 2.05) is 12.1 Å². The van der Waals surface area contributed by atoms with Crippen molar-refractivity contribution in [2.75, 3.05) is 27.8 Å². The molecule has 0 fully saturated rings. The van der Waals surface area contributed by atoms with E-state index in [1.54, 1.807) is 27.3 Å². The fourth-order valence-corrected chi connectivity index (χ4v) is 2.27. The summed E-state index contributed by atoms with van der Waals surface area (Å²) >= 11 is 0. The molecule has 4 heteroatoms. The molecule has 0 N–H and O–H groups in total. The molecule has 0 saturated heterocycles. The van der Waals surface area contributed by atoms with Gasteiger partial charge in [-0.1, -0.05) is 38.1 Å². The smallest absolute Gasteiger partial charge is 0.259 e. The molecule has 0 atom stereocenters. The monoisotopic (exact) mass is 327 g/mol. The second kappa shape index (κ2) is 7.86. The summed E-state index contributed by atoms with van der Waals surface area (Å²) in [6, 6.07) is 14.1. The summed E-state index contributed by atoms with van der Waals surface area (Å²) in [7, 11) is 5.04. The van der Waals surface area contributed by atoms with Gasteiger partial charge in [-0.05, 0) is 34.7 Å². The fraction of sp³-hybridized carbons (Fsp3) is 0.350. The largest absolute Gasteiger partial charge is 0.497 e. The predicted molar refractivity (Wildman–Crippen MR) is 96.7 cm³/mol. The van der Waals surface area contributed by atoms with Crippen molar-refractivity contribution in [3.8, 4) is 22.6 Å². The number of ether oxygens (including phenoxy) is 2. The van der Waals surface area contributed by atoms with Crippen molar-refractivity contribution < 1.29 is 14.3 Å². The molecule has 0 spiro atoms. The van der Waals surface area contributed by atoms with Gasteiger partial charge in [-0.15, -0.1) is 0 Å². The van der Waals surface area contributed by atoms with Crippen LogP contribution in [0.15, 0.2) is 42.5 Å². The van der Waals surface area contributed by atoms with Crippen LogP contribution in [0.4, 0.5) is 0 Å². The molecule has 0 unspecified atom stereocenters. The molecule has 0 saturated carbocycles. The van der Waals surface area contributed by atoms with Crippen molar-refractivity contribution in [3.63, 3.8) is 0 Å². The Balaban J connectivity index is 2.26. The Morgan fingerprint density at radius 1 is 1.00 bits per heavy atom. The third-order valence-corrected chi connectivity index (χ3v) is 3.89. The molecule has 0 bridgehead atoms. The number of rotatable bonds is 6. The molecular formula is C20H25NO3. The number of hydrogen-bond donors (Lipinski definition) is 0. The maximum Gasteiger partial charge on any atom is 0.259 e. The van der Waals surface area contributed by atoms with Gasteiger partial charge in [0.1, 0.15) is 11.5 Å². The molecule has 0 radical (unpaired) electrons. The summed E-state index contributed by atoms with van der Waals surface area (Å²) in [5, 5.41) is 0. The first-order valence-electron chi connectivity index (χ1n) is 8.03. The van der Waals surface area contributed by atoms with Crippen LogP contribution >= 0.6 is 0 Å². The van der Waals surface area contributed by atoms with Crippen LogP contribution in [0.1, 0.15) is 25.3 Å². The summed E-state index contributed by atoms with van der Waals surface area (Å²) < 4.78 is 11.0. The Labute approximate surface area is 144 Å². The van der Waals surface area contributed by atoms with Crippen molar-refractivity contribution in [2.45, 2.75) is 19.8 Å². The van der Waals surface area contributed by atoms with E-state index in [4.69, 9.17) is 9.47 Å². The predicted octanol–water partition coefficient (Wildman–Crippen LogP) is 3.95. The molecule has 4 nitrogen and oxygen atoms in total. The Bertz CT molecular complexity index is 691. The van der Waals surface area contributed by atoms with Crippen LogP contribution in [0.5, 0.6) is 11.5 Å². The summed E-state index contributed by atoms with van der Waals surface area (Å²) in [6.45, 7) is 4.36. The van der Waals surface area contributed by atoms with Crippen molar-refractivity contribution in [3.05, 3.63) is 48.0 Å². The molecule has 128 valence electrons. The van der Waals surface area contributed by atoms with Gasteiger partial charge in [-0.3, -0.25) is 4.79 Å². The van der Waals surface area contributed by atoms with Crippen molar-refractivity contribution in [2.24, 2.45) is 0 Å². The van der Waals surface area contributed by atoms with Crippen molar-refractivity contribution >= 4 is 5.91 Å². The third kappa shape index (κ3) is 4.51. The summed E-state index contributed by atoms with van der Waals surface area (Å²) in [5.41, 5.74) is 3.38. The standard InChI is InChI=1S/C20H25NO3/c1-14(2)15-6-8-16(9-7-15)17-10-18(23-5)12-19(11-17)24-13-20(22)21(3)4/h6-12,14H,13H2,1-5H3. The van der Waals surface area contributed by atoms with Gasteiger partial charge in [0.15, 0.2) is 6.61 Å². The van der Waals surface area contributed by atoms with Crippen LogP contribution in [-0.4, -0.2) is 38.6 Å². The molecule has 0 aliphatic carbocycles. The maximum absolute atomic E-state index is 11.7. The molecule has 1 amide bonds. The summed E-state index contributed by atoms with van der Waals surface area (Å²) in [5.74, 6) is 1.74. The van der Waals surface area contributed by atoms with Gasteiger partial charge in [0.2, 0.25) is 0 Å². The van der Waals surface area contributed by atoms with Crippen LogP contribution in [0, 0.1) is 0 Å². The van der Waals surface area contributed by atoms with Gasteiger partial charge in [0.05, 0.1) is 7.11 Å². The van der Waals surface area contributed by atoms with Gasteiger partial charge in [-0.2, -0.15) is 0 Å². The number of hydrogen-bond acceptors (Lipinski definition) is 3. The SMILES string of the molecule is COc1cc(OCC(=O)N(C)C)cc(-c2ccc(C(C)C)cc2)c1. The van der Waals surface area contributed by atoms with Crippen LogP contribution < -0.4 is 9.47 Å². The number of methoxy groups -OCH3 is 1. The van der Waals surface area contributed by atoms with Crippen molar-refractivity contribution in [1.82, 2.24) is 4.90 Å². The number of nitrogens with zero attached hydrogens (tertiary/aromatic N) is 1. The van der Waals surface area contributed by atoms with E-state index in [-0.39, 0.29) is 12.5 Å². The Morgan fingerprint density at radius 3 is 2.17 bits per heavy atom. The summed E-state index contributed by atoms with van der Waals surface area (Å²) in [4.78, 5) is 13.2. The number of benzene rings is 2. The second-order valence-electron chi connectivity index (χ2n) is 6.25. The minimum absolute atomic E-state index is 0.00585. The molecule has 0 aliphatic heterocycles. The molecule has 2 aromatic carbocycles. The van der Waals surface area contributed by atoms with E-state index < -0.39 is 0 Å². The Kier molecular flexibility index (Phi) is 5.85. The first-order chi connectivity index (χ1) is 11.4. The quantitative estimate of drug-likeness (QED) is 0.806. The normalized spacial score (nSPS) is 10.6. The first kappa shape index (κ1) is 17.9. The average molecular weight is 327 g/mol. The van der Waals surface area contributed by atoms with E-state index in [9.17, 15) is 4.79 Å². The van der Waals surface area contributed by atoms with E-state index in [1.165, 1.54) is 10.5 Å². The number of amides is 1. The van der Waals surface area contributed by atoms with Crippen molar-refractivity contribution in [1.29, 1.82) is 0 Å². The topological polar surface area (TPSA) is 38.8 Å². The zero-order valence-electron chi connectivity index (χ0n) is 15.0. The number of carbonyl (C=O) groups excluding carboxylic acids is 1. The molecule has 0 aromatic heterocycles. The van der Waals surface area contributed by atoms with E-state index in [0.29, 0.717) is 17.4 Å². The van der Waals surface area contributed by atoms with E-state index in [2.05, 4.69) is 38.1 Å². The van der Waals surface area contributed by atoms with Crippen LogP contribution in [0.25, 0.3) is 11.1 Å². The van der Waals surface area contributed by atoms with Crippen LogP contribution in [0.3, 0.4) is 0 Å². The molecule has 2 rings (SSSR count). The second-order valence-corrected chi connectivity index (χ2v) is 6.25. The lowest BCUT2D eigenvalue weighted by atomic mass is 9.98. The van der Waals surface area contributed by atoms with Gasteiger partial charge < -0.3 is 14.4 Å². The lowest BCUT2D eigenvalue weighted by Gasteiger charge is -2.14. The lowest BCUT2D eigenvalue weighted by Crippen LogP contribution is -2.27. The van der Waals surface area contributed by atoms with Gasteiger partial charge in [-0.25, -0.2) is 0 Å². The zero-order chi connectivity index (χ0) is 17.7. The highest BCUT2D eigenvalue weighted by Gasteiger charge is 2.09. The molecule has 0 aliphatic rings. The van der Waals surface area contributed by atoms with Gasteiger partial charge >= 0.3 is 0 Å². The molecular weight excluding hydrogens is 302 g/mol. The van der Waals surface area contributed by atoms with Gasteiger partial charge in [0.25, 0.3) is 5.91 Å². The highest BCUT2D eigenvalue weighted by Crippen LogP contribution is 2.30. The minimum atomic E-state index is -0.0827. The maximum atomic E-state index is 11.7. The lowest BCUT2D eigenvalue weighted by molar-refractivity contribution is -0.130. The van der Waals surface area contributed by atoms with E-state index >= 15 is 0 Å². The van der Waals surface area contributed by atoms with Crippen LogP contribution in [0.2, 0.25) is 0 Å². The zero-order valence-corrected chi connectivity index (χ0v) is 15.0. The Morgan fingerprint density at radius 2 is 1.62 bits per heavy atom. The molecule has 0 heterocycles. The minimum Gasteiger partial charge on any atom is -0.497 e. The first-order valence-corrected chi connectivity index (χ1v) is 8.03. The highest BCUT2D eigenvalue weighted by atomic mass is 16.5. The fourth-order valence-electron chi connectivity index (χ4n) is 2.27. The number of carbonyl (C=O) groups is 1. The molecule has 2 aromatic rings. The summed E-state index contributed by atoms with van der Waals surface area (Å²) in [6.07, 6.45) is 0. The van der Waals surface area contributed by atoms with Gasteiger partial charge in [0, 0.05) is 20.2 Å². The van der Waals surface area contributed by atoms with Crippen LogP contribution in [-0.2, 0) is 4.79 Å². The number of likely N-dealkylation sites (N-methyl/N-ethyl adjacent to an activating group) is 1. The third-order valence-electron chi connectivity index (χ3n) is 3.89. The average Bonchev–Trinajstić information content (AvgIpc) is 2.59. The van der Waals surface area contributed by atoms with E-state index in [0.717, 1.165) is 11.1 Å².